The molecule has 0 N–H and O–H groups in total. The standard InChI is InChI=1S/C38H22Br2/c39-33-15-19-13-27-28(14-20(19)16-34(33)40)38-26-12-6-5-11-25(26)37(27)31-17-29-30(18-32(31)38)36-22-8-2-1-7-21(22)35(29)23-9-3-4-10-24(23)36/h1-18,35-38H/t35?,36?,37-,38-/m0/s1. The first-order valence-electron chi connectivity index (χ1n) is 14.0. The molecular weight excluding hydrogens is 616 g/mol. The zero-order valence-corrected chi connectivity index (χ0v) is 24.6. The number of hydrogen-bond acceptors (Lipinski definition) is 0. The van der Waals surface area contributed by atoms with Crippen molar-refractivity contribution in [2.24, 2.45) is 0 Å². The van der Waals surface area contributed by atoms with Crippen LogP contribution in [-0.4, -0.2) is 0 Å². The van der Waals surface area contributed by atoms with Gasteiger partial charge in [-0.05, 0) is 134 Å². The lowest BCUT2D eigenvalue weighted by Crippen LogP contribution is -2.31. The van der Waals surface area contributed by atoms with Gasteiger partial charge in [0.25, 0.3) is 0 Å². The van der Waals surface area contributed by atoms with Gasteiger partial charge in [0.15, 0.2) is 0 Å². The van der Waals surface area contributed by atoms with Crippen LogP contribution in [-0.2, 0) is 0 Å². The Morgan fingerprint density at radius 3 is 0.850 bits per heavy atom. The first kappa shape index (κ1) is 22.3. The highest BCUT2D eigenvalue weighted by Crippen LogP contribution is 2.61. The van der Waals surface area contributed by atoms with Crippen molar-refractivity contribution in [2.45, 2.75) is 23.7 Å². The Labute approximate surface area is 250 Å². The lowest BCUT2D eigenvalue weighted by atomic mass is 9.56. The minimum atomic E-state index is 0.259. The molecule has 0 saturated heterocycles. The molecule has 0 aliphatic heterocycles. The third-order valence-electron chi connectivity index (χ3n) is 10.1. The van der Waals surface area contributed by atoms with Crippen LogP contribution in [0.4, 0.5) is 0 Å². The van der Waals surface area contributed by atoms with Crippen molar-refractivity contribution in [1.29, 1.82) is 0 Å². The Morgan fingerprint density at radius 2 is 0.550 bits per heavy atom. The summed E-state index contributed by atoms with van der Waals surface area (Å²) in [5.74, 6) is 1.12. The van der Waals surface area contributed by atoms with Gasteiger partial charge < -0.3 is 0 Å². The summed E-state index contributed by atoms with van der Waals surface area (Å²) in [6.07, 6.45) is 0. The minimum Gasteiger partial charge on any atom is -0.0619 e. The number of fused-ring (bicyclic) bond motifs is 1. The van der Waals surface area contributed by atoms with Gasteiger partial charge in [0.2, 0.25) is 0 Å². The molecule has 2 atom stereocenters. The maximum absolute atomic E-state index is 3.74. The monoisotopic (exact) mass is 636 g/mol. The second-order valence-electron chi connectivity index (χ2n) is 11.8. The van der Waals surface area contributed by atoms with Crippen LogP contribution < -0.4 is 0 Å². The van der Waals surface area contributed by atoms with Crippen LogP contribution in [0, 0.1) is 0 Å². The van der Waals surface area contributed by atoms with E-state index in [9.17, 15) is 0 Å². The van der Waals surface area contributed by atoms with E-state index in [2.05, 4.69) is 141 Å². The third-order valence-corrected chi connectivity index (χ3v) is 11.9. The molecule has 40 heavy (non-hydrogen) atoms. The van der Waals surface area contributed by atoms with E-state index in [1.807, 2.05) is 0 Å². The number of halogens is 2. The summed E-state index contributed by atoms with van der Waals surface area (Å²) in [5, 5.41) is 2.58. The molecule has 6 aromatic rings. The first-order chi connectivity index (χ1) is 19.7. The zero-order valence-electron chi connectivity index (χ0n) is 21.5. The molecule has 0 amide bonds. The van der Waals surface area contributed by atoms with E-state index in [1.165, 1.54) is 77.5 Å². The molecule has 6 aliphatic rings. The van der Waals surface area contributed by atoms with Crippen LogP contribution in [0.15, 0.2) is 118 Å². The molecule has 0 aromatic heterocycles. The van der Waals surface area contributed by atoms with E-state index < -0.39 is 0 Å². The zero-order chi connectivity index (χ0) is 26.3. The average Bonchev–Trinajstić information content (AvgIpc) is 2.99. The summed E-state index contributed by atoms with van der Waals surface area (Å²) in [6.45, 7) is 0. The van der Waals surface area contributed by atoms with Crippen LogP contribution in [0.2, 0.25) is 0 Å². The molecule has 0 spiro atoms. The smallest absolute Gasteiger partial charge is 0.0349 e. The summed E-state index contributed by atoms with van der Waals surface area (Å²) in [5.41, 5.74) is 17.9. The van der Waals surface area contributed by atoms with Crippen molar-refractivity contribution < 1.29 is 0 Å². The Balaban J connectivity index is 1.28. The van der Waals surface area contributed by atoms with Crippen LogP contribution in [0.3, 0.4) is 0 Å². The van der Waals surface area contributed by atoms with Crippen molar-refractivity contribution in [1.82, 2.24) is 0 Å². The molecule has 0 radical (unpaired) electrons. The average molecular weight is 638 g/mol. The molecule has 2 heteroatoms. The second kappa shape index (κ2) is 7.63. The molecule has 0 nitrogen and oxygen atoms in total. The fourth-order valence-electron chi connectivity index (χ4n) is 8.62. The first-order valence-corrected chi connectivity index (χ1v) is 15.6. The molecule has 188 valence electrons. The Morgan fingerprint density at radius 1 is 0.300 bits per heavy atom. The van der Waals surface area contributed by atoms with Gasteiger partial charge in [-0.25, -0.2) is 0 Å². The van der Waals surface area contributed by atoms with E-state index in [4.69, 9.17) is 0 Å². The maximum Gasteiger partial charge on any atom is 0.0349 e. The van der Waals surface area contributed by atoms with E-state index in [0.717, 1.165) is 8.95 Å². The van der Waals surface area contributed by atoms with Gasteiger partial charge >= 0.3 is 0 Å². The Bertz CT molecular complexity index is 1920. The fraction of sp³-hybridized carbons (Fsp3) is 0.105. The molecule has 4 bridgehead atoms. The molecule has 0 unspecified atom stereocenters. The van der Waals surface area contributed by atoms with Gasteiger partial charge in [-0.1, -0.05) is 84.9 Å². The highest BCUT2D eigenvalue weighted by molar-refractivity contribution is 9.13. The molecule has 6 aliphatic carbocycles. The lowest BCUT2D eigenvalue weighted by Gasteiger charge is -2.46. The molecule has 0 saturated carbocycles. The molecule has 12 rings (SSSR count). The van der Waals surface area contributed by atoms with E-state index in [1.54, 1.807) is 0 Å². The fourth-order valence-corrected chi connectivity index (χ4v) is 9.34. The van der Waals surface area contributed by atoms with Gasteiger partial charge in [-0.2, -0.15) is 0 Å². The molecular formula is C38H22Br2. The van der Waals surface area contributed by atoms with Crippen molar-refractivity contribution in [3.63, 3.8) is 0 Å². The summed E-state index contributed by atoms with van der Waals surface area (Å²) in [7, 11) is 0. The highest BCUT2D eigenvalue weighted by atomic mass is 79.9. The second-order valence-corrected chi connectivity index (χ2v) is 13.5. The van der Waals surface area contributed by atoms with Gasteiger partial charge in [0, 0.05) is 32.6 Å². The Kier molecular flexibility index (Phi) is 4.25. The van der Waals surface area contributed by atoms with Crippen LogP contribution >= 0.6 is 31.9 Å². The van der Waals surface area contributed by atoms with Gasteiger partial charge in [0.1, 0.15) is 0 Å². The van der Waals surface area contributed by atoms with E-state index in [0.29, 0.717) is 11.8 Å². The largest absolute Gasteiger partial charge is 0.0619 e. The van der Waals surface area contributed by atoms with Crippen molar-refractivity contribution in [3.8, 4) is 0 Å². The SMILES string of the molecule is Brc1cc2cc3c(cc2cc1Br)[C@@H]1c2ccccc2[C@@H]3c2cc3c(cc21)C1c2ccccc2C3c2ccccc21. The predicted octanol–water partition coefficient (Wildman–Crippen LogP) is 10.3. The summed E-state index contributed by atoms with van der Waals surface area (Å²) in [6, 6.07) is 42.2. The summed E-state index contributed by atoms with van der Waals surface area (Å²) >= 11 is 7.49. The summed E-state index contributed by atoms with van der Waals surface area (Å²) < 4.78 is 2.20. The molecule has 0 fully saturated rings. The van der Waals surface area contributed by atoms with E-state index in [-0.39, 0.29) is 11.8 Å². The molecule has 0 heterocycles. The molecule has 6 aromatic carbocycles. The number of hydrogen-bond donors (Lipinski definition) is 0. The van der Waals surface area contributed by atoms with E-state index >= 15 is 0 Å². The lowest BCUT2D eigenvalue weighted by molar-refractivity contribution is 0.717. The quantitative estimate of drug-likeness (QED) is 0.155. The summed E-state index contributed by atoms with van der Waals surface area (Å²) in [4.78, 5) is 0. The topological polar surface area (TPSA) is 0 Å². The third kappa shape index (κ3) is 2.63. The van der Waals surface area contributed by atoms with Gasteiger partial charge in [-0.3, -0.25) is 0 Å². The van der Waals surface area contributed by atoms with Crippen molar-refractivity contribution >= 4 is 42.6 Å². The Hall–Kier alpha value is -3.46. The number of benzene rings is 6. The van der Waals surface area contributed by atoms with Gasteiger partial charge in [0.05, 0.1) is 0 Å². The van der Waals surface area contributed by atoms with Gasteiger partial charge in [-0.15, -0.1) is 0 Å². The predicted molar refractivity (Wildman–Crippen MR) is 169 cm³/mol. The van der Waals surface area contributed by atoms with Crippen LogP contribution in [0.25, 0.3) is 10.8 Å². The van der Waals surface area contributed by atoms with Crippen molar-refractivity contribution in [2.75, 3.05) is 0 Å². The minimum absolute atomic E-state index is 0.259. The van der Waals surface area contributed by atoms with Crippen LogP contribution in [0.1, 0.15) is 90.4 Å². The normalized spacial score (nSPS) is 21.8. The highest BCUT2D eigenvalue weighted by Gasteiger charge is 2.46. The van der Waals surface area contributed by atoms with Crippen LogP contribution in [0.5, 0.6) is 0 Å². The van der Waals surface area contributed by atoms with Crippen molar-refractivity contribution in [3.05, 3.63) is 185 Å². The number of rotatable bonds is 0. The maximum atomic E-state index is 3.74.